The van der Waals surface area contributed by atoms with Crippen molar-refractivity contribution in [3.63, 3.8) is 0 Å². The van der Waals surface area contributed by atoms with Crippen LogP contribution < -0.4 is 5.32 Å². The first-order valence-corrected chi connectivity index (χ1v) is 9.48. The van der Waals surface area contributed by atoms with Crippen molar-refractivity contribution in [2.75, 3.05) is 18.5 Å². The van der Waals surface area contributed by atoms with E-state index in [2.05, 4.69) is 42.3 Å². The lowest BCUT2D eigenvalue weighted by molar-refractivity contribution is -0.128. The number of thiazole rings is 1. The van der Waals surface area contributed by atoms with Crippen molar-refractivity contribution < 1.29 is 14.3 Å². The van der Waals surface area contributed by atoms with Crippen LogP contribution >= 0.6 is 11.3 Å². The van der Waals surface area contributed by atoms with Gasteiger partial charge in [-0.1, -0.05) is 23.8 Å². The van der Waals surface area contributed by atoms with E-state index in [1.165, 1.54) is 22.5 Å². The zero-order valence-corrected chi connectivity index (χ0v) is 15.7. The molecule has 0 saturated carbocycles. The van der Waals surface area contributed by atoms with Gasteiger partial charge in [0.2, 0.25) is 0 Å². The Labute approximate surface area is 152 Å². The molecule has 0 aliphatic carbocycles. The summed E-state index contributed by atoms with van der Waals surface area (Å²) in [6.45, 7) is 7.14. The summed E-state index contributed by atoms with van der Waals surface area (Å²) in [5.74, 6) is -0.181. The molecule has 1 aliphatic rings. The van der Waals surface area contributed by atoms with E-state index in [1.54, 1.807) is 6.92 Å². The van der Waals surface area contributed by atoms with Gasteiger partial charge in [0, 0.05) is 17.6 Å². The summed E-state index contributed by atoms with van der Waals surface area (Å²) in [6.07, 6.45) is 1.65. The topological polar surface area (TPSA) is 60.5 Å². The van der Waals surface area contributed by atoms with E-state index < -0.39 is 6.10 Å². The number of hydrogen-bond donors (Lipinski definition) is 1. The lowest BCUT2D eigenvalue weighted by Crippen LogP contribution is -2.30. The molecule has 2 atom stereocenters. The van der Waals surface area contributed by atoms with E-state index in [0.29, 0.717) is 11.7 Å². The van der Waals surface area contributed by atoms with Crippen LogP contribution in [0.4, 0.5) is 5.13 Å². The number of aromatic nitrogens is 1. The highest BCUT2D eigenvalue weighted by atomic mass is 32.1. The van der Waals surface area contributed by atoms with Crippen LogP contribution in [0.25, 0.3) is 11.3 Å². The molecule has 1 aromatic carbocycles. The molecule has 0 radical (unpaired) electrons. The average molecular weight is 360 g/mol. The Kier molecular flexibility index (Phi) is 5.83. The van der Waals surface area contributed by atoms with Gasteiger partial charge >= 0.3 is 0 Å². The van der Waals surface area contributed by atoms with E-state index in [9.17, 15) is 4.79 Å². The van der Waals surface area contributed by atoms with Crippen LogP contribution in [0.1, 0.15) is 30.9 Å². The molecular formula is C19H24N2O3S. The molecule has 0 spiro atoms. The molecule has 25 heavy (non-hydrogen) atoms. The van der Waals surface area contributed by atoms with Crippen molar-refractivity contribution >= 4 is 22.4 Å². The Morgan fingerprint density at radius 2 is 2.32 bits per heavy atom. The smallest absolute Gasteiger partial charge is 0.254 e. The molecular weight excluding hydrogens is 336 g/mol. The number of anilines is 1. The molecule has 2 aromatic rings. The number of amides is 1. The summed E-state index contributed by atoms with van der Waals surface area (Å²) in [5, 5.41) is 5.39. The van der Waals surface area contributed by atoms with Crippen molar-refractivity contribution in [2.45, 2.75) is 45.8 Å². The quantitative estimate of drug-likeness (QED) is 0.847. The fourth-order valence-electron chi connectivity index (χ4n) is 2.87. The Morgan fingerprint density at radius 3 is 3.04 bits per heavy atom. The van der Waals surface area contributed by atoms with Crippen LogP contribution in [0.3, 0.4) is 0 Å². The predicted octanol–water partition coefficient (Wildman–Crippen LogP) is 3.95. The fraction of sp³-hybridized carbons (Fsp3) is 0.474. The number of nitrogens with zero attached hydrogens (tertiary/aromatic N) is 1. The monoisotopic (exact) mass is 360 g/mol. The SMILES string of the molecule is Cc1ccc(-c2csc(NC(=O)[C@@H](C)OC[C@H]3CCCO3)n2)c(C)c1. The first-order chi connectivity index (χ1) is 12.0. The Morgan fingerprint density at radius 1 is 1.48 bits per heavy atom. The minimum atomic E-state index is -0.530. The van der Waals surface area contributed by atoms with E-state index >= 15 is 0 Å². The van der Waals surface area contributed by atoms with Crippen molar-refractivity contribution in [1.29, 1.82) is 0 Å². The van der Waals surface area contributed by atoms with E-state index in [1.807, 2.05) is 5.38 Å². The minimum absolute atomic E-state index is 0.117. The van der Waals surface area contributed by atoms with Crippen LogP contribution in [0.15, 0.2) is 23.6 Å². The fourth-order valence-corrected chi connectivity index (χ4v) is 3.58. The van der Waals surface area contributed by atoms with Crippen molar-refractivity contribution in [3.8, 4) is 11.3 Å². The van der Waals surface area contributed by atoms with Crippen molar-refractivity contribution in [2.24, 2.45) is 0 Å². The number of carbonyl (C=O) groups excluding carboxylic acids is 1. The standard InChI is InChI=1S/C19H24N2O3S/c1-12-6-7-16(13(2)9-12)17-11-25-19(20-17)21-18(22)14(3)24-10-15-5-4-8-23-15/h6-7,9,11,14-15H,4-5,8,10H2,1-3H3,(H,20,21,22)/t14-,15-/m1/s1. The number of benzene rings is 1. The molecule has 0 unspecified atom stereocenters. The van der Waals surface area contributed by atoms with Gasteiger partial charge in [-0.25, -0.2) is 4.98 Å². The summed E-state index contributed by atoms with van der Waals surface area (Å²) in [4.78, 5) is 16.8. The largest absolute Gasteiger partial charge is 0.376 e. The van der Waals surface area contributed by atoms with E-state index in [-0.39, 0.29) is 12.0 Å². The van der Waals surface area contributed by atoms with Gasteiger partial charge in [-0.2, -0.15) is 0 Å². The van der Waals surface area contributed by atoms with Crippen LogP contribution in [-0.4, -0.2) is 36.3 Å². The molecule has 0 bridgehead atoms. The third-order valence-electron chi connectivity index (χ3n) is 4.32. The summed E-state index contributed by atoms with van der Waals surface area (Å²) in [6, 6.07) is 6.27. The van der Waals surface area contributed by atoms with Crippen LogP contribution in [-0.2, 0) is 14.3 Å². The zero-order valence-electron chi connectivity index (χ0n) is 14.9. The van der Waals surface area contributed by atoms with Gasteiger partial charge in [0.1, 0.15) is 6.10 Å². The molecule has 2 heterocycles. The molecule has 1 fully saturated rings. The lowest BCUT2D eigenvalue weighted by atomic mass is 10.0. The third-order valence-corrected chi connectivity index (χ3v) is 5.08. The van der Waals surface area contributed by atoms with Crippen molar-refractivity contribution in [1.82, 2.24) is 4.98 Å². The van der Waals surface area contributed by atoms with Gasteiger partial charge < -0.3 is 9.47 Å². The van der Waals surface area contributed by atoms with Gasteiger partial charge in [-0.15, -0.1) is 11.3 Å². The van der Waals surface area contributed by atoms with Crippen LogP contribution in [0.2, 0.25) is 0 Å². The Hall–Kier alpha value is -1.76. The minimum Gasteiger partial charge on any atom is -0.376 e. The number of ether oxygens (including phenoxy) is 2. The molecule has 5 nitrogen and oxygen atoms in total. The number of hydrogen-bond acceptors (Lipinski definition) is 5. The highest BCUT2D eigenvalue weighted by Gasteiger charge is 2.20. The van der Waals surface area contributed by atoms with Crippen LogP contribution in [0, 0.1) is 13.8 Å². The van der Waals surface area contributed by atoms with Gasteiger partial charge in [-0.3, -0.25) is 10.1 Å². The second kappa shape index (κ2) is 8.08. The molecule has 6 heteroatoms. The van der Waals surface area contributed by atoms with Gasteiger partial charge in [-0.05, 0) is 39.2 Å². The molecule has 3 rings (SSSR count). The maximum atomic E-state index is 12.3. The van der Waals surface area contributed by atoms with E-state index in [0.717, 1.165) is 30.7 Å². The molecule has 1 amide bonds. The first kappa shape index (κ1) is 18.0. The molecule has 1 aromatic heterocycles. The summed E-state index contributed by atoms with van der Waals surface area (Å²) < 4.78 is 11.1. The van der Waals surface area contributed by atoms with Crippen molar-refractivity contribution in [3.05, 3.63) is 34.7 Å². The van der Waals surface area contributed by atoms with Crippen LogP contribution in [0.5, 0.6) is 0 Å². The maximum Gasteiger partial charge on any atom is 0.254 e. The lowest BCUT2D eigenvalue weighted by Gasteiger charge is -2.15. The number of aryl methyl sites for hydroxylation is 2. The number of nitrogens with one attached hydrogen (secondary N) is 1. The Balaban J connectivity index is 1.57. The highest BCUT2D eigenvalue weighted by Crippen LogP contribution is 2.28. The highest BCUT2D eigenvalue weighted by molar-refractivity contribution is 7.14. The summed E-state index contributed by atoms with van der Waals surface area (Å²) in [7, 11) is 0. The molecule has 1 N–H and O–H groups in total. The average Bonchev–Trinajstić information content (AvgIpc) is 3.24. The second-order valence-electron chi connectivity index (χ2n) is 6.46. The zero-order chi connectivity index (χ0) is 17.8. The Bertz CT molecular complexity index is 738. The predicted molar refractivity (Wildman–Crippen MR) is 100 cm³/mol. The molecule has 134 valence electrons. The second-order valence-corrected chi connectivity index (χ2v) is 7.31. The summed E-state index contributed by atoms with van der Waals surface area (Å²) >= 11 is 1.42. The summed E-state index contributed by atoms with van der Waals surface area (Å²) in [5.41, 5.74) is 4.37. The van der Waals surface area contributed by atoms with Gasteiger partial charge in [0.15, 0.2) is 5.13 Å². The van der Waals surface area contributed by atoms with Gasteiger partial charge in [0.05, 0.1) is 18.4 Å². The third kappa shape index (κ3) is 4.66. The maximum absolute atomic E-state index is 12.3. The normalized spacial score (nSPS) is 18.3. The van der Waals surface area contributed by atoms with Gasteiger partial charge in [0.25, 0.3) is 5.91 Å². The van der Waals surface area contributed by atoms with E-state index in [4.69, 9.17) is 9.47 Å². The number of carbonyl (C=O) groups is 1. The number of rotatable bonds is 6. The first-order valence-electron chi connectivity index (χ1n) is 8.60. The molecule has 1 aliphatic heterocycles. The molecule has 1 saturated heterocycles.